The maximum atomic E-state index is 12.1. The number of benzene rings is 2. The van der Waals surface area contributed by atoms with Crippen molar-refractivity contribution in [1.82, 2.24) is 5.32 Å². The van der Waals surface area contributed by atoms with Gasteiger partial charge in [0.2, 0.25) is 0 Å². The maximum Gasteiger partial charge on any atom is 0.285 e. The summed E-state index contributed by atoms with van der Waals surface area (Å²) in [4.78, 5) is 22.7. The first-order chi connectivity index (χ1) is 10.1. The van der Waals surface area contributed by atoms with Crippen LogP contribution in [-0.2, 0) is 6.42 Å². The van der Waals surface area contributed by atoms with Crippen molar-refractivity contribution in [1.29, 1.82) is 0 Å². The van der Waals surface area contributed by atoms with E-state index in [1.165, 1.54) is 6.07 Å². The Bertz CT molecular complexity index is 654. The van der Waals surface area contributed by atoms with E-state index in [-0.39, 0.29) is 11.3 Å². The van der Waals surface area contributed by atoms with Crippen molar-refractivity contribution in [3.05, 3.63) is 75.3 Å². The quantitative estimate of drug-likeness (QED) is 0.677. The Balaban J connectivity index is 2.04. The Labute approximate surface area is 122 Å². The molecule has 0 aliphatic carbocycles. The molecule has 0 saturated carbocycles. The van der Waals surface area contributed by atoms with Crippen molar-refractivity contribution in [3.8, 4) is 0 Å². The van der Waals surface area contributed by atoms with Crippen molar-refractivity contribution in [3.63, 3.8) is 0 Å². The summed E-state index contributed by atoms with van der Waals surface area (Å²) in [5, 5.41) is 13.8. The van der Waals surface area contributed by atoms with Gasteiger partial charge >= 0.3 is 0 Å². The molecule has 0 radical (unpaired) electrons. The summed E-state index contributed by atoms with van der Waals surface area (Å²) in [6.07, 6.45) is 0.687. The molecule has 2 rings (SSSR count). The van der Waals surface area contributed by atoms with Gasteiger partial charge in [0.25, 0.3) is 11.6 Å². The third-order valence-corrected chi connectivity index (χ3v) is 3.21. The highest BCUT2D eigenvalue weighted by Crippen LogP contribution is 2.22. The van der Waals surface area contributed by atoms with Crippen LogP contribution in [0.25, 0.3) is 0 Å². The normalized spacial score (nSPS) is 10.1. The first-order valence-electron chi connectivity index (χ1n) is 6.65. The fourth-order valence-electron chi connectivity index (χ4n) is 2.14. The lowest BCUT2D eigenvalue weighted by molar-refractivity contribution is -0.385. The first kappa shape index (κ1) is 14.7. The van der Waals surface area contributed by atoms with E-state index in [9.17, 15) is 14.9 Å². The molecule has 0 aliphatic rings. The number of aryl methyl sites for hydroxylation is 1. The summed E-state index contributed by atoms with van der Waals surface area (Å²) in [5.41, 5.74) is 1.56. The van der Waals surface area contributed by atoms with Crippen molar-refractivity contribution in [2.45, 2.75) is 13.3 Å². The Hall–Kier alpha value is -2.69. The van der Waals surface area contributed by atoms with Crippen LogP contribution < -0.4 is 5.32 Å². The van der Waals surface area contributed by atoms with Crippen LogP contribution in [0, 0.1) is 17.0 Å². The number of nitro groups is 1. The summed E-state index contributed by atoms with van der Waals surface area (Å²) in [7, 11) is 0. The summed E-state index contributed by atoms with van der Waals surface area (Å²) >= 11 is 0. The van der Waals surface area contributed by atoms with Crippen molar-refractivity contribution >= 4 is 11.6 Å². The zero-order valence-electron chi connectivity index (χ0n) is 11.7. The minimum atomic E-state index is -0.512. The Kier molecular flexibility index (Phi) is 4.66. The number of carbonyl (C=O) groups excluding carboxylic acids is 1. The molecule has 0 fully saturated rings. The van der Waals surface area contributed by atoms with Crippen molar-refractivity contribution < 1.29 is 9.72 Å². The predicted octanol–water partition coefficient (Wildman–Crippen LogP) is 2.88. The van der Waals surface area contributed by atoms with Gasteiger partial charge in [-0.2, -0.15) is 0 Å². The molecule has 0 spiro atoms. The van der Waals surface area contributed by atoms with Crippen molar-refractivity contribution in [2.24, 2.45) is 0 Å². The van der Waals surface area contributed by atoms with Gasteiger partial charge in [0.05, 0.1) is 4.92 Å². The molecule has 1 N–H and O–H groups in total. The summed E-state index contributed by atoms with van der Waals surface area (Å²) in [6, 6.07) is 14.5. The van der Waals surface area contributed by atoms with E-state index in [0.717, 1.165) is 5.56 Å². The molecule has 0 bridgehead atoms. The van der Waals surface area contributed by atoms with Gasteiger partial charge in [-0.25, -0.2) is 0 Å². The van der Waals surface area contributed by atoms with E-state index in [0.29, 0.717) is 18.5 Å². The minimum absolute atomic E-state index is 0.105. The van der Waals surface area contributed by atoms with Gasteiger partial charge in [-0.05, 0) is 25.0 Å². The van der Waals surface area contributed by atoms with Crippen LogP contribution in [0.4, 0.5) is 5.69 Å². The fraction of sp³-hybridized carbons (Fsp3) is 0.188. The van der Waals surface area contributed by atoms with E-state index in [4.69, 9.17) is 0 Å². The molecule has 2 aromatic carbocycles. The lowest BCUT2D eigenvalue weighted by Gasteiger charge is -2.07. The molecule has 0 aliphatic heterocycles. The molecule has 21 heavy (non-hydrogen) atoms. The molecular weight excluding hydrogens is 268 g/mol. The van der Waals surface area contributed by atoms with E-state index < -0.39 is 10.8 Å². The second-order valence-corrected chi connectivity index (χ2v) is 4.72. The number of hydrogen-bond donors (Lipinski definition) is 1. The monoisotopic (exact) mass is 284 g/mol. The molecule has 0 unspecified atom stereocenters. The van der Waals surface area contributed by atoms with Crippen LogP contribution in [0.2, 0.25) is 0 Å². The smallest absolute Gasteiger partial charge is 0.285 e. The number of rotatable bonds is 5. The lowest BCUT2D eigenvalue weighted by atomic mass is 10.1. The van der Waals surface area contributed by atoms with Crippen LogP contribution in [0.1, 0.15) is 21.5 Å². The third-order valence-electron chi connectivity index (χ3n) is 3.21. The zero-order valence-corrected chi connectivity index (χ0v) is 11.7. The molecule has 0 aromatic heterocycles. The van der Waals surface area contributed by atoms with Gasteiger partial charge in [-0.3, -0.25) is 14.9 Å². The minimum Gasteiger partial charge on any atom is -0.351 e. The number of amides is 1. The second-order valence-electron chi connectivity index (χ2n) is 4.72. The molecule has 5 nitrogen and oxygen atoms in total. The van der Waals surface area contributed by atoms with Crippen molar-refractivity contribution in [2.75, 3.05) is 6.54 Å². The fourth-order valence-corrected chi connectivity index (χ4v) is 2.14. The van der Waals surface area contributed by atoms with Crippen LogP contribution in [0.15, 0.2) is 48.5 Å². The number of nitro benzene ring substituents is 1. The molecule has 0 saturated heterocycles. The van der Waals surface area contributed by atoms with Crippen LogP contribution >= 0.6 is 0 Å². The van der Waals surface area contributed by atoms with E-state index >= 15 is 0 Å². The highest BCUT2D eigenvalue weighted by Gasteiger charge is 2.21. The van der Waals surface area contributed by atoms with E-state index in [2.05, 4.69) is 5.32 Å². The van der Waals surface area contributed by atoms with E-state index in [1.54, 1.807) is 19.1 Å². The number of para-hydroxylation sites is 1. The molecule has 0 heterocycles. The van der Waals surface area contributed by atoms with Crippen LogP contribution in [0.5, 0.6) is 0 Å². The lowest BCUT2D eigenvalue weighted by Crippen LogP contribution is -2.26. The Morgan fingerprint density at radius 2 is 1.86 bits per heavy atom. The molecule has 0 atom stereocenters. The average Bonchev–Trinajstić information content (AvgIpc) is 2.47. The average molecular weight is 284 g/mol. The topological polar surface area (TPSA) is 72.2 Å². The Morgan fingerprint density at radius 3 is 2.52 bits per heavy atom. The van der Waals surface area contributed by atoms with Crippen LogP contribution in [-0.4, -0.2) is 17.4 Å². The molecular formula is C16H16N2O3. The third kappa shape index (κ3) is 3.66. The number of carbonyl (C=O) groups is 1. The standard InChI is InChI=1S/C16H16N2O3/c1-12-6-5-9-14(15(12)18(20)21)16(19)17-11-10-13-7-3-2-4-8-13/h2-9H,10-11H2,1H3,(H,17,19). The Morgan fingerprint density at radius 1 is 1.14 bits per heavy atom. The van der Waals surface area contributed by atoms with E-state index in [1.807, 2.05) is 30.3 Å². The molecule has 108 valence electrons. The van der Waals surface area contributed by atoms with Gasteiger partial charge < -0.3 is 5.32 Å². The van der Waals surface area contributed by atoms with Crippen LogP contribution in [0.3, 0.4) is 0 Å². The molecule has 2 aromatic rings. The van der Waals surface area contributed by atoms with Gasteiger partial charge in [0.15, 0.2) is 0 Å². The first-order valence-corrected chi connectivity index (χ1v) is 6.65. The van der Waals surface area contributed by atoms with Gasteiger partial charge in [0, 0.05) is 12.1 Å². The second kappa shape index (κ2) is 6.65. The van der Waals surface area contributed by atoms with Gasteiger partial charge in [0.1, 0.15) is 5.56 Å². The molecule has 5 heteroatoms. The molecule has 1 amide bonds. The number of nitrogens with zero attached hydrogens (tertiary/aromatic N) is 1. The maximum absolute atomic E-state index is 12.1. The summed E-state index contributed by atoms with van der Waals surface area (Å²) < 4.78 is 0. The SMILES string of the molecule is Cc1cccc(C(=O)NCCc2ccccc2)c1[N+](=O)[O-]. The van der Waals surface area contributed by atoms with Gasteiger partial charge in [-0.1, -0.05) is 42.5 Å². The summed E-state index contributed by atoms with van der Waals surface area (Å²) in [5.74, 6) is -0.415. The largest absolute Gasteiger partial charge is 0.351 e. The predicted molar refractivity (Wildman–Crippen MR) is 80.3 cm³/mol. The zero-order chi connectivity index (χ0) is 15.2. The van der Waals surface area contributed by atoms with Gasteiger partial charge in [-0.15, -0.1) is 0 Å². The number of hydrogen-bond acceptors (Lipinski definition) is 3. The highest BCUT2D eigenvalue weighted by atomic mass is 16.6. The summed E-state index contributed by atoms with van der Waals surface area (Å²) in [6.45, 7) is 2.06. The number of nitrogens with one attached hydrogen (secondary N) is 1. The highest BCUT2D eigenvalue weighted by molar-refractivity contribution is 5.98.